The van der Waals surface area contributed by atoms with E-state index in [1.54, 1.807) is 23.1 Å². The van der Waals surface area contributed by atoms with Gasteiger partial charge in [-0.3, -0.25) is 9.59 Å². The molecule has 0 saturated carbocycles. The zero-order valence-electron chi connectivity index (χ0n) is 19.5. The zero-order chi connectivity index (χ0) is 23.4. The molecule has 1 aromatic heterocycles. The van der Waals surface area contributed by atoms with Crippen molar-refractivity contribution in [2.45, 2.75) is 51.7 Å². The Labute approximate surface area is 193 Å². The molecule has 0 bridgehead atoms. The van der Waals surface area contributed by atoms with Gasteiger partial charge in [0, 0.05) is 13.2 Å². The summed E-state index contributed by atoms with van der Waals surface area (Å²) in [5, 5.41) is 0.528. The Hall–Kier alpha value is -3.19. The van der Waals surface area contributed by atoms with Crippen LogP contribution in [0.25, 0.3) is 10.9 Å². The topological polar surface area (TPSA) is 84.5 Å². The number of nitrogens with zero attached hydrogens (tertiary/aromatic N) is 2. The minimum atomic E-state index is -0.213. The molecule has 1 atom stereocenters. The van der Waals surface area contributed by atoms with Gasteiger partial charge in [0.1, 0.15) is 11.6 Å². The van der Waals surface area contributed by atoms with Crippen molar-refractivity contribution >= 4 is 16.8 Å². The fraction of sp³-hybridized carbons (Fsp3) is 0.423. The van der Waals surface area contributed by atoms with Crippen LogP contribution in [-0.4, -0.2) is 46.6 Å². The highest BCUT2D eigenvalue weighted by Crippen LogP contribution is 2.24. The van der Waals surface area contributed by atoms with Crippen LogP contribution in [0.3, 0.4) is 0 Å². The van der Waals surface area contributed by atoms with Gasteiger partial charge >= 0.3 is 0 Å². The van der Waals surface area contributed by atoms with E-state index in [4.69, 9.17) is 9.47 Å². The third-order valence-corrected chi connectivity index (χ3v) is 5.89. The van der Waals surface area contributed by atoms with Crippen LogP contribution in [0.1, 0.15) is 45.0 Å². The van der Waals surface area contributed by atoms with E-state index in [9.17, 15) is 9.59 Å². The lowest BCUT2D eigenvalue weighted by Crippen LogP contribution is -2.40. The number of rotatable bonds is 7. The number of aromatic amines is 1. The van der Waals surface area contributed by atoms with E-state index in [0.717, 1.165) is 12.8 Å². The Morgan fingerprint density at radius 1 is 1.18 bits per heavy atom. The molecule has 1 N–H and O–H groups in total. The first kappa shape index (κ1) is 23.0. The number of nitrogens with one attached hydrogen (secondary N) is 1. The molecule has 1 aliphatic heterocycles. The van der Waals surface area contributed by atoms with Crippen LogP contribution in [-0.2, 0) is 21.5 Å². The number of benzene rings is 2. The molecule has 1 aliphatic rings. The summed E-state index contributed by atoms with van der Waals surface area (Å²) in [5.74, 6) is 0.909. The number of H-pyrrole nitrogens is 1. The Bertz CT molecular complexity index is 1160. The van der Waals surface area contributed by atoms with Crippen LogP contribution < -0.4 is 10.3 Å². The summed E-state index contributed by atoms with van der Waals surface area (Å²) in [5.41, 5.74) is 1.65. The molecular formula is C26H31N3O4. The van der Waals surface area contributed by atoms with Crippen LogP contribution in [0.2, 0.25) is 0 Å². The van der Waals surface area contributed by atoms with E-state index in [1.807, 2.05) is 30.3 Å². The quantitative estimate of drug-likeness (QED) is 0.593. The average Bonchev–Trinajstić information content (AvgIpc) is 3.30. The van der Waals surface area contributed by atoms with Gasteiger partial charge in [0.15, 0.2) is 6.61 Å². The van der Waals surface area contributed by atoms with E-state index in [-0.39, 0.29) is 36.1 Å². The smallest absolute Gasteiger partial charge is 0.261 e. The summed E-state index contributed by atoms with van der Waals surface area (Å²) in [6, 6.07) is 15.0. The maximum atomic E-state index is 13.1. The summed E-state index contributed by atoms with van der Waals surface area (Å²) in [6.07, 6.45) is 1.86. The van der Waals surface area contributed by atoms with Gasteiger partial charge in [-0.2, -0.15) is 0 Å². The lowest BCUT2D eigenvalue weighted by Gasteiger charge is -2.25. The molecule has 33 heavy (non-hydrogen) atoms. The standard InChI is InChI=1S/C26H31N3O4/c1-26(2,3)18-10-12-19(13-11-18)33-17-24(30)29(15-20-7-6-14-32-20)16-23-27-22-9-5-4-8-21(22)25(31)28-23/h4-5,8-13,20H,6-7,14-17H2,1-3H3,(H,27,28,31)/t20-/m0/s1. The summed E-state index contributed by atoms with van der Waals surface area (Å²) in [4.78, 5) is 34.6. The van der Waals surface area contributed by atoms with Gasteiger partial charge in [-0.1, -0.05) is 45.0 Å². The molecule has 7 heteroatoms. The molecule has 0 radical (unpaired) electrons. The van der Waals surface area contributed by atoms with Gasteiger partial charge < -0.3 is 19.4 Å². The Morgan fingerprint density at radius 3 is 2.64 bits per heavy atom. The molecule has 4 rings (SSSR count). The number of para-hydroxylation sites is 1. The predicted octanol–water partition coefficient (Wildman–Crippen LogP) is 3.81. The van der Waals surface area contributed by atoms with Gasteiger partial charge in [0.2, 0.25) is 0 Å². The van der Waals surface area contributed by atoms with Crippen molar-refractivity contribution in [1.82, 2.24) is 14.9 Å². The highest BCUT2D eigenvalue weighted by atomic mass is 16.5. The largest absolute Gasteiger partial charge is 0.484 e. The third kappa shape index (κ3) is 5.79. The van der Waals surface area contributed by atoms with Crippen LogP contribution in [0.4, 0.5) is 0 Å². The molecule has 3 aromatic rings. The molecule has 0 aliphatic carbocycles. The summed E-state index contributed by atoms with van der Waals surface area (Å²) < 4.78 is 11.5. The third-order valence-electron chi connectivity index (χ3n) is 5.89. The lowest BCUT2D eigenvalue weighted by molar-refractivity contribution is -0.135. The minimum Gasteiger partial charge on any atom is -0.484 e. The number of ether oxygens (including phenoxy) is 2. The number of hydrogen-bond acceptors (Lipinski definition) is 5. The zero-order valence-corrected chi connectivity index (χ0v) is 19.5. The number of aromatic nitrogens is 2. The highest BCUT2D eigenvalue weighted by molar-refractivity contribution is 5.78. The second-order valence-electron chi connectivity index (χ2n) is 9.50. The molecule has 0 unspecified atom stereocenters. The summed E-state index contributed by atoms with van der Waals surface area (Å²) in [7, 11) is 0. The van der Waals surface area contributed by atoms with Gasteiger partial charge in [0.05, 0.1) is 23.6 Å². The van der Waals surface area contributed by atoms with Gasteiger partial charge in [-0.15, -0.1) is 0 Å². The van der Waals surface area contributed by atoms with Gasteiger partial charge in [-0.25, -0.2) is 4.98 Å². The SMILES string of the molecule is CC(C)(C)c1ccc(OCC(=O)N(Cc2nc3ccccc3c(=O)[nH]2)C[C@@H]2CCCO2)cc1. The lowest BCUT2D eigenvalue weighted by atomic mass is 9.87. The second-order valence-corrected chi connectivity index (χ2v) is 9.50. The van der Waals surface area contributed by atoms with Crippen molar-refractivity contribution in [3.05, 3.63) is 70.3 Å². The maximum absolute atomic E-state index is 13.1. The molecule has 2 aromatic carbocycles. The molecule has 0 spiro atoms. The number of fused-ring (bicyclic) bond motifs is 1. The molecule has 1 saturated heterocycles. The van der Waals surface area contributed by atoms with Crippen molar-refractivity contribution < 1.29 is 14.3 Å². The van der Waals surface area contributed by atoms with Gasteiger partial charge in [0.25, 0.3) is 11.5 Å². The molecule has 2 heterocycles. The Morgan fingerprint density at radius 2 is 1.94 bits per heavy atom. The van der Waals surface area contributed by atoms with Crippen molar-refractivity contribution in [2.75, 3.05) is 19.8 Å². The normalized spacial score (nSPS) is 16.2. The number of amides is 1. The van der Waals surface area contributed by atoms with Crippen LogP contribution in [0.5, 0.6) is 5.75 Å². The molecular weight excluding hydrogens is 418 g/mol. The molecule has 1 amide bonds. The first-order valence-corrected chi connectivity index (χ1v) is 11.4. The minimum absolute atomic E-state index is 0.0211. The fourth-order valence-corrected chi connectivity index (χ4v) is 3.97. The average molecular weight is 450 g/mol. The fourth-order valence-electron chi connectivity index (χ4n) is 3.97. The van der Waals surface area contributed by atoms with Crippen molar-refractivity contribution in [3.63, 3.8) is 0 Å². The maximum Gasteiger partial charge on any atom is 0.261 e. The number of carbonyl (C=O) groups excluding carboxylic acids is 1. The van der Waals surface area contributed by atoms with Crippen molar-refractivity contribution in [2.24, 2.45) is 0 Å². The predicted molar refractivity (Wildman–Crippen MR) is 127 cm³/mol. The van der Waals surface area contributed by atoms with Crippen LogP contribution in [0.15, 0.2) is 53.3 Å². The monoisotopic (exact) mass is 449 g/mol. The summed E-state index contributed by atoms with van der Waals surface area (Å²) in [6.45, 7) is 7.68. The summed E-state index contributed by atoms with van der Waals surface area (Å²) >= 11 is 0. The van der Waals surface area contributed by atoms with E-state index >= 15 is 0 Å². The second kappa shape index (κ2) is 9.75. The molecule has 174 valence electrons. The molecule has 1 fully saturated rings. The van der Waals surface area contributed by atoms with E-state index in [2.05, 4.69) is 30.7 Å². The Balaban J connectivity index is 1.48. The van der Waals surface area contributed by atoms with E-state index < -0.39 is 0 Å². The van der Waals surface area contributed by atoms with E-state index in [1.165, 1.54) is 5.56 Å². The first-order valence-electron chi connectivity index (χ1n) is 11.4. The van der Waals surface area contributed by atoms with Crippen molar-refractivity contribution in [3.8, 4) is 5.75 Å². The van der Waals surface area contributed by atoms with Crippen LogP contribution >= 0.6 is 0 Å². The van der Waals surface area contributed by atoms with Crippen LogP contribution in [0, 0.1) is 0 Å². The highest BCUT2D eigenvalue weighted by Gasteiger charge is 2.24. The van der Waals surface area contributed by atoms with Crippen molar-refractivity contribution in [1.29, 1.82) is 0 Å². The van der Waals surface area contributed by atoms with Gasteiger partial charge in [-0.05, 0) is 48.1 Å². The Kier molecular flexibility index (Phi) is 6.79. The van der Waals surface area contributed by atoms with E-state index in [0.29, 0.717) is 35.6 Å². The molecule has 7 nitrogen and oxygen atoms in total. The number of carbonyl (C=O) groups is 1. The first-order chi connectivity index (χ1) is 15.8. The number of hydrogen-bond donors (Lipinski definition) is 1.